The molecule has 0 saturated heterocycles. The van der Waals surface area contributed by atoms with Crippen LogP contribution in [-0.2, 0) is 14.1 Å². The van der Waals surface area contributed by atoms with Crippen LogP contribution in [0.25, 0.3) is 28.0 Å². The lowest BCUT2D eigenvalue weighted by Gasteiger charge is -2.00. The first-order valence-electron chi connectivity index (χ1n) is 6.83. The van der Waals surface area contributed by atoms with E-state index in [1.54, 1.807) is 12.5 Å². The summed E-state index contributed by atoms with van der Waals surface area (Å²) in [6.07, 6.45) is 5.29. The van der Waals surface area contributed by atoms with E-state index in [4.69, 9.17) is 23.2 Å². The van der Waals surface area contributed by atoms with E-state index in [1.807, 2.05) is 34.0 Å². The van der Waals surface area contributed by atoms with Gasteiger partial charge in [-0.25, -0.2) is 9.97 Å². The molecule has 10 heteroatoms. The molecule has 0 aliphatic rings. The van der Waals surface area contributed by atoms with Gasteiger partial charge in [0.1, 0.15) is 13.2 Å². The van der Waals surface area contributed by atoms with E-state index in [1.165, 1.54) is 0 Å². The zero-order chi connectivity index (χ0) is 17.2. The van der Waals surface area contributed by atoms with Gasteiger partial charge in [0, 0.05) is 13.2 Å². The molecule has 0 aromatic carbocycles. The molecule has 0 radical (unpaired) electrons. The monoisotopic (exact) mass is 490 g/mol. The number of hydrogen-bond donors (Lipinski definition) is 1. The van der Waals surface area contributed by atoms with Crippen molar-refractivity contribution in [2.75, 3.05) is 0 Å². The van der Waals surface area contributed by atoms with Crippen molar-refractivity contribution in [3.05, 3.63) is 38.0 Å². The van der Waals surface area contributed by atoms with Crippen LogP contribution in [0.4, 0.5) is 0 Å². The van der Waals surface area contributed by atoms with Gasteiger partial charge in [0.15, 0.2) is 10.7 Å². The number of H-pyrrole nitrogens is 1. The van der Waals surface area contributed by atoms with Crippen molar-refractivity contribution >= 4 is 77.1 Å². The van der Waals surface area contributed by atoms with E-state index in [9.17, 15) is 0 Å². The fourth-order valence-electron chi connectivity index (χ4n) is 2.77. The maximum atomic E-state index is 6.61. The number of aryl methyl sites for hydroxylation is 2. The van der Waals surface area contributed by atoms with Gasteiger partial charge >= 0.3 is 5.95 Å². The Morgan fingerprint density at radius 3 is 2.67 bits per heavy atom. The quantitative estimate of drug-likeness (QED) is 0.327. The van der Waals surface area contributed by atoms with Gasteiger partial charge in [-0.1, -0.05) is 11.6 Å². The van der Waals surface area contributed by atoms with Gasteiger partial charge < -0.3 is 4.57 Å². The molecule has 0 aliphatic heterocycles. The SMILES string of the molecule is Cn1cnc2c(Cl)[n+](-c3[nH]c4c(Br)cnc(Cl)c4[n+]3C)cc(Br)c21. The van der Waals surface area contributed by atoms with Crippen LogP contribution in [0, 0.1) is 0 Å². The molecule has 0 saturated carbocycles. The predicted molar refractivity (Wildman–Crippen MR) is 98.5 cm³/mol. The van der Waals surface area contributed by atoms with Crippen molar-refractivity contribution in [3.8, 4) is 5.95 Å². The maximum absolute atomic E-state index is 6.61. The molecule has 1 N–H and O–H groups in total. The zero-order valence-corrected chi connectivity index (χ0v) is 17.2. The maximum Gasteiger partial charge on any atom is 0.537 e. The summed E-state index contributed by atoms with van der Waals surface area (Å²) in [7, 11) is 3.82. The number of aromatic amines is 1. The molecule has 0 unspecified atom stereocenters. The van der Waals surface area contributed by atoms with Crippen molar-refractivity contribution in [1.82, 2.24) is 19.5 Å². The Labute approximate surface area is 163 Å². The standard InChI is InChI=1S/C14H9Br2Cl2N6/c1-22-5-20-9-10(22)7(16)4-24(13(9)18)14-21-8-6(15)3-19-12(17)11(8)23(14)2/h3-5H,1-2H3/q+1/p+1. The Balaban J connectivity index is 2.11. The number of aromatic nitrogens is 6. The molecule has 0 aliphatic carbocycles. The second-order valence-electron chi connectivity index (χ2n) is 5.32. The number of imidazole rings is 2. The molecule has 122 valence electrons. The van der Waals surface area contributed by atoms with Crippen LogP contribution in [-0.4, -0.2) is 19.5 Å². The van der Waals surface area contributed by atoms with E-state index in [2.05, 4.69) is 46.8 Å². The van der Waals surface area contributed by atoms with Crippen LogP contribution in [0.3, 0.4) is 0 Å². The molecule has 4 aromatic heterocycles. The van der Waals surface area contributed by atoms with E-state index in [0.717, 1.165) is 31.4 Å². The molecule has 24 heavy (non-hydrogen) atoms. The van der Waals surface area contributed by atoms with Crippen molar-refractivity contribution < 1.29 is 9.13 Å². The second kappa shape index (κ2) is 5.66. The summed E-state index contributed by atoms with van der Waals surface area (Å²) in [6, 6.07) is 0. The summed E-state index contributed by atoms with van der Waals surface area (Å²) in [5, 5.41) is 0.907. The molecule has 4 heterocycles. The molecule has 6 nitrogen and oxygen atoms in total. The van der Waals surface area contributed by atoms with E-state index < -0.39 is 0 Å². The van der Waals surface area contributed by atoms with E-state index >= 15 is 0 Å². The van der Waals surface area contributed by atoms with Crippen molar-refractivity contribution in [2.45, 2.75) is 0 Å². The van der Waals surface area contributed by atoms with E-state index in [-0.39, 0.29) is 0 Å². The Bertz CT molecular complexity index is 1130. The Morgan fingerprint density at radius 1 is 1.21 bits per heavy atom. The first-order valence-corrected chi connectivity index (χ1v) is 9.17. The number of fused-ring (bicyclic) bond motifs is 2. The Kier molecular flexibility index (Phi) is 3.83. The summed E-state index contributed by atoms with van der Waals surface area (Å²) < 4.78 is 7.34. The minimum Gasteiger partial charge on any atom is -0.332 e. The van der Waals surface area contributed by atoms with Gasteiger partial charge in [-0.2, -0.15) is 4.98 Å². The largest absolute Gasteiger partial charge is 0.537 e. The first kappa shape index (κ1) is 16.3. The minimum absolute atomic E-state index is 0.410. The van der Waals surface area contributed by atoms with Crippen LogP contribution in [0.15, 0.2) is 27.7 Å². The number of rotatable bonds is 1. The van der Waals surface area contributed by atoms with Gasteiger partial charge in [0.25, 0.3) is 10.7 Å². The lowest BCUT2D eigenvalue weighted by molar-refractivity contribution is -0.764. The number of hydrogen-bond acceptors (Lipinski definition) is 2. The third-order valence-electron chi connectivity index (χ3n) is 3.89. The van der Waals surface area contributed by atoms with Crippen molar-refractivity contribution in [1.29, 1.82) is 0 Å². The molecule has 4 aromatic rings. The molecule has 0 amide bonds. The fraction of sp³-hybridized carbons (Fsp3) is 0.143. The molecule has 4 rings (SSSR count). The first-order chi connectivity index (χ1) is 11.4. The Morgan fingerprint density at radius 2 is 1.96 bits per heavy atom. The average Bonchev–Trinajstić information content (AvgIpc) is 3.09. The summed E-state index contributed by atoms with van der Waals surface area (Å²) in [5.74, 6) is 0.735. The van der Waals surface area contributed by atoms with Crippen LogP contribution in [0.2, 0.25) is 10.3 Å². The topological polar surface area (TPSA) is 54.3 Å². The highest BCUT2D eigenvalue weighted by atomic mass is 79.9. The number of halogens is 4. The van der Waals surface area contributed by atoms with Crippen molar-refractivity contribution in [3.63, 3.8) is 0 Å². The third kappa shape index (κ3) is 2.20. The van der Waals surface area contributed by atoms with Crippen LogP contribution in [0.5, 0.6) is 0 Å². The highest BCUT2D eigenvalue weighted by Gasteiger charge is 2.32. The summed E-state index contributed by atoms with van der Waals surface area (Å²) >= 11 is 20.0. The average molecular weight is 493 g/mol. The molecular formula is C14H10Br2Cl2N6+2. The number of nitrogens with zero attached hydrogens (tertiary/aromatic N) is 5. The zero-order valence-electron chi connectivity index (χ0n) is 12.5. The number of nitrogens with one attached hydrogen (secondary N) is 1. The summed E-state index contributed by atoms with van der Waals surface area (Å²) in [4.78, 5) is 11.9. The van der Waals surface area contributed by atoms with E-state index in [0.29, 0.717) is 15.8 Å². The van der Waals surface area contributed by atoms with Gasteiger partial charge in [-0.15, -0.1) is 9.13 Å². The summed E-state index contributed by atoms with van der Waals surface area (Å²) in [6.45, 7) is 0. The third-order valence-corrected chi connectivity index (χ3v) is 5.71. The van der Waals surface area contributed by atoms with Gasteiger partial charge in [-0.3, -0.25) is 0 Å². The lowest BCUT2D eigenvalue weighted by atomic mass is 10.4. The molecule has 0 bridgehead atoms. The second-order valence-corrected chi connectivity index (χ2v) is 7.74. The Hall–Kier alpha value is -1.22. The number of pyridine rings is 2. The molecule has 0 atom stereocenters. The van der Waals surface area contributed by atoms with Crippen molar-refractivity contribution in [2.24, 2.45) is 14.1 Å². The van der Waals surface area contributed by atoms with Gasteiger partial charge in [0.05, 0.1) is 20.8 Å². The van der Waals surface area contributed by atoms with Gasteiger partial charge in [-0.05, 0) is 43.5 Å². The molecular weight excluding hydrogens is 483 g/mol. The van der Waals surface area contributed by atoms with Crippen LogP contribution < -0.4 is 9.13 Å². The normalized spacial score (nSPS) is 11.8. The highest BCUT2D eigenvalue weighted by Crippen LogP contribution is 2.28. The minimum atomic E-state index is 0.410. The highest BCUT2D eigenvalue weighted by molar-refractivity contribution is 9.11. The van der Waals surface area contributed by atoms with Crippen LogP contribution >= 0.6 is 55.1 Å². The van der Waals surface area contributed by atoms with Gasteiger partial charge in [0.2, 0.25) is 5.52 Å². The lowest BCUT2D eigenvalue weighted by Crippen LogP contribution is -2.46. The molecule has 0 spiro atoms. The smallest absolute Gasteiger partial charge is 0.332 e. The molecule has 0 fully saturated rings. The predicted octanol–water partition coefficient (Wildman–Crippen LogP) is 3.38. The fourth-order valence-corrected chi connectivity index (χ4v) is 4.36. The van der Waals surface area contributed by atoms with Crippen LogP contribution in [0.1, 0.15) is 0 Å². The summed E-state index contributed by atoms with van der Waals surface area (Å²) in [5.41, 5.74) is 3.25.